The quantitative estimate of drug-likeness (QED) is 0.0680. The molecule has 0 aromatic rings. The van der Waals surface area contributed by atoms with Gasteiger partial charge < -0.3 is 14.6 Å². The van der Waals surface area contributed by atoms with Gasteiger partial charge in [0.2, 0.25) is 0 Å². The van der Waals surface area contributed by atoms with Gasteiger partial charge in [-0.3, -0.25) is 9.59 Å². The molecule has 0 spiro atoms. The van der Waals surface area contributed by atoms with E-state index in [4.69, 9.17) is 9.47 Å². The van der Waals surface area contributed by atoms with Crippen molar-refractivity contribution in [2.75, 3.05) is 13.2 Å². The molecule has 0 amide bonds. The van der Waals surface area contributed by atoms with Crippen molar-refractivity contribution >= 4 is 11.9 Å². The van der Waals surface area contributed by atoms with Gasteiger partial charge in [-0.1, -0.05) is 116 Å². The van der Waals surface area contributed by atoms with Crippen LogP contribution in [0.4, 0.5) is 0 Å². The SMILES string of the molecule is CCCCCCCC/C=C\CCCCCCCC(=O)OCC(O)COC(=O)CCCCCCCCC. The average Bonchev–Trinajstić information content (AvgIpc) is 2.88. The average molecular weight is 511 g/mol. The number of carbonyl (C=O) groups excluding carboxylic acids is 2. The molecule has 5 heteroatoms. The van der Waals surface area contributed by atoms with Crippen molar-refractivity contribution in [3.63, 3.8) is 0 Å². The second-order valence-electron chi connectivity index (χ2n) is 10.2. The Morgan fingerprint density at radius 1 is 0.556 bits per heavy atom. The van der Waals surface area contributed by atoms with E-state index in [1.807, 2.05) is 0 Å². The third-order valence-electron chi connectivity index (χ3n) is 6.50. The summed E-state index contributed by atoms with van der Waals surface area (Å²) in [5.74, 6) is -0.580. The lowest BCUT2D eigenvalue weighted by Crippen LogP contribution is -2.25. The maximum Gasteiger partial charge on any atom is 0.305 e. The first-order chi connectivity index (χ1) is 17.6. The van der Waals surface area contributed by atoms with Crippen LogP contribution in [-0.2, 0) is 19.1 Å². The largest absolute Gasteiger partial charge is 0.463 e. The molecule has 0 fully saturated rings. The van der Waals surface area contributed by atoms with Crippen molar-refractivity contribution in [1.29, 1.82) is 0 Å². The Kier molecular flexibility index (Phi) is 27.1. The van der Waals surface area contributed by atoms with Gasteiger partial charge in [-0.15, -0.1) is 0 Å². The summed E-state index contributed by atoms with van der Waals surface area (Å²) in [6.07, 6.45) is 28.4. The second-order valence-corrected chi connectivity index (χ2v) is 10.2. The van der Waals surface area contributed by atoms with Gasteiger partial charge in [0, 0.05) is 12.8 Å². The van der Waals surface area contributed by atoms with E-state index in [0.717, 1.165) is 44.9 Å². The number of esters is 2. The van der Waals surface area contributed by atoms with E-state index < -0.39 is 6.10 Å². The fraction of sp³-hybridized carbons (Fsp3) is 0.871. The topological polar surface area (TPSA) is 72.8 Å². The fourth-order valence-electron chi connectivity index (χ4n) is 4.14. The molecule has 0 saturated heterocycles. The summed E-state index contributed by atoms with van der Waals surface area (Å²) in [4.78, 5) is 23.6. The van der Waals surface area contributed by atoms with Crippen LogP contribution in [0.2, 0.25) is 0 Å². The van der Waals surface area contributed by atoms with Crippen LogP contribution >= 0.6 is 0 Å². The third kappa shape index (κ3) is 27.2. The van der Waals surface area contributed by atoms with Gasteiger partial charge >= 0.3 is 11.9 Å². The number of hydrogen-bond donors (Lipinski definition) is 1. The highest BCUT2D eigenvalue weighted by molar-refractivity contribution is 5.69. The summed E-state index contributed by atoms with van der Waals surface area (Å²) >= 11 is 0. The molecule has 1 atom stereocenters. The monoisotopic (exact) mass is 510 g/mol. The molecule has 0 radical (unpaired) electrons. The Hall–Kier alpha value is -1.36. The summed E-state index contributed by atoms with van der Waals surface area (Å²) in [5, 5.41) is 9.88. The van der Waals surface area contributed by atoms with Gasteiger partial charge in [0.25, 0.3) is 0 Å². The van der Waals surface area contributed by atoms with Crippen LogP contribution in [0, 0.1) is 0 Å². The molecule has 0 aromatic heterocycles. The van der Waals surface area contributed by atoms with Gasteiger partial charge in [0.05, 0.1) is 0 Å². The van der Waals surface area contributed by atoms with Crippen LogP contribution < -0.4 is 0 Å². The first-order valence-corrected chi connectivity index (χ1v) is 15.2. The summed E-state index contributed by atoms with van der Waals surface area (Å²) in [7, 11) is 0. The number of rotatable bonds is 27. The number of aliphatic hydroxyl groups excluding tert-OH is 1. The zero-order valence-electron chi connectivity index (χ0n) is 23.8. The molecular formula is C31H58O5. The molecule has 0 aliphatic heterocycles. The number of unbranched alkanes of at least 4 members (excludes halogenated alkanes) is 17. The van der Waals surface area contributed by atoms with Crippen LogP contribution in [0.5, 0.6) is 0 Å². The molecule has 1 N–H and O–H groups in total. The number of hydrogen-bond acceptors (Lipinski definition) is 5. The summed E-state index contributed by atoms with van der Waals surface area (Å²) in [6, 6.07) is 0. The Labute approximate surface area is 222 Å². The maximum absolute atomic E-state index is 11.8. The van der Waals surface area contributed by atoms with Crippen molar-refractivity contribution in [1.82, 2.24) is 0 Å². The molecule has 0 rings (SSSR count). The van der Waals surface area contributed by atoms with Crippen LogP contribution in [0.25, 0.3) is 0 Å². The standard InChI is InChI=1S/C31H58O5/c1-3-5-7-9-11-12-13-14-15-16-17-18-20-22-24-26-31(34)36-28-29(32)27-35-30(33)25-23-21-19-10-8-6-4-2/h14-15,29,32H,3-13,16-28H2,1-2H3/b15-14-. The molecule has 0 bridgehead atoms. The Morgan fingerprint density at radius 2 is 0.889 bits per heavy atom. The second kappa shape index (κ2) is 28.2. The van der Waals surface area contributed by atoms with E-state index in [2.05, 4.69) is 26.0 Å². The van der Waals surface area contributed by atoms with E-state index in [1.54, 1.807) is 0 Å². The predicted molar refractivity (Wildman–Crippen MR) is 150 cm³/mol. The Balaban J connectivity index is 3.44. The van der Waals surface area contributed by atoms with E-state index in [-0.39, 0.29) is 25.2 Å². The van der Waals surface area contributed by atoms with Gasteiger partial charge in [-0.25, -0.2) is 0 Å². The van der Waals surface area contributed by atoms with Gasteiger partial charge in [-0.2, -0.15) is 0 Å². The van der Waals surface area contributed by atoms with E-state index in [9.17, 15) is 14.7 Å². The zero-order valence-corrected chi connectivity index (χ0v) is 23.8. The number of allylic oxidation sites excluding steroid dienone is 2. The van der Waals surface area contributed by atoms with Gasteiger partial charge in [-0.05, 0) is 38.5 Å². The zero-order chi connectivity index (χ0) is 26.5. The highest BCUT2D eigenvalue weighted by Crippen LogP contribution is 2.11. The molecular weight excluding hydrogens is 452 g/mol. The van der Waals surface area contributed by atoms with E-state index in [0.29, 0.717) is 12.8 Å². The van der Waals surface area contributed by atoms with Crippen molar-refractivity contribution < 1.29 is 24.2 Å². The highest BCUT2D eigenvalue weighted by Gasteiger charge is 2.12. The van der Waals surface area contributed by atoms with E-state index >= 15 is 0 Å². The Morgan fingerprint density at radius 3 is 1.28 bits per heavy atom. The molecule has 0 heterocycles. The molecule has 212 valence electrons. The summed E-state index contributed by atoms with van der Waals surface area (Å²) in [5.41, 5.74) is 0. The first-order valence-electron chi connectivity index (χ1n) is 15.2. The molecule has 0 saturated carbocycles. The highest BCUT2D eigenvalue weighted by atomic mass is 16.6. The van der Waals surface area contributed by atoms with Crippen LogP contribution in [-0.4, -0.2) is 36.4 Å². The van der Waals surface area contributed by atoms with Crippen molar-refractivity contribution in [2.24, 2.45) is 0 Å². The minimum Gasteiger partial charge on any atom is -0.463 e. The lowest BCUT2D eigenvalue weighted by atomic mass is 10.1. The third-order valence-corrected chi connectivity index (χ3v) is 6.50. The summed E-state index contributed by atoms with van der Waals surface area (Å²) in [6.45, 7) is 4.22. The molecule has 0 aliphatic carbocycles. The van der Waals surface area contributed by atoms with Crippen molar-refractivity contribution in [3.8, 4) is 0 Å². The van der Waals surface area contributed by atoms with Gasteiger partial charge in [0.15, 0.2) is 0 Å². The number of aliphatic hydroxyl groups is 1. The maximum atomic E-state index is 11.8. The predicted octanol–water partition coefficient (Wildman–Crippen LogP) is 8.61. The molecule has 36 heavy (non-hydrogen) atoms. The minimum absolute atomic E-state index is 0.115. The lowest BCUT2D eigenvalue weighted by Gasteiger charge is -2.12. The molecule has 0 aromatic carbocycles. The minimum atomic E-state index is -0.957. The van der Waals surface area contributed by atoms with Crippen LogP contribution in [0.3, 0.4) is 0 Å². The van der Waals surface area contributed by atoms with Crippen molar-refractivity contribution in [3.05, 3.63) is 12.2 Å². The summed E-state index contributed by atoms with van der Waals surface area (Å²) < 4.78 is 10.2. The molecule has 5 nitrogen and oxygen atoms in total. The Bertz CT molecular complexity index is 517. The van der Waals surface area contributed by atoms with Crippen LogP contribution in [0.1, 0.15) is 155 Å². The van der Waals surface area contributed by atoms with Crippen LogP contribution in [0.15, 0.2) is 12.2 Å². The number of carbonyl (C=O) groups is 2. The van der Waals surface area contributed by atoms with E-state index in [1.165, 1.54) is 83.5 Å². The fourth-order valence-corrected chi connectivity index (χ4v) is 4.14. The van der Waals surface area contributed by atoms with Crippen molar-refractivity contribution in [2.45, 2.75) is 161 Å². The normalized spacial score (nSPS) is 12.2. The smallest absolute Gasteiger partial charge is 0.305 e. The molecule has 0 aliphatic rings. The number of ether oxygens (including phenoxy) is 2. The lowest BCUT2D eigenvalue weighted by molar-refractivity contribution is -0.152. The molecule has 1 unspecified atom stereocenters. The van der Waals surface area contributed by atoms with Gasteiger partial charge in [0.1, 0.15) is 19.3 Å². The first kappa shape index (κ1) is 34.6.